The summed E-state index contributed by atoms with van der Waals surface area (Å²) < 4.78 is 18.4. The lowest BCUT2D eigenvalue weighted by Crippen LogP contribution is -2.01. The highest BCUT2D eigenvalue weighted by Gasteiger charge is 1.99. The van der Waals surface area contributed by atoms with Gasteiger partial charge in [-0.2, -0.15) is 0 Å². The Balaban J connectivity index is 2.01. The average Bonchev–Trinajstić information content (AvgIpc) is 2.47. The molecule has 0 saturated carbocycles. The average molecular weight is 257 g/mol. The summed E-state index contributed by atoms with van der Waals surface area (Å²) in [7, 11) is 0. The first-order valence-corrected chi connectivity index (χ1v) is 6.12. The molecule has 0 amide bonds. The maximum absolute atomic E-state index is 13.1. The predicted molar refractivity (Wildman–Crippen MR) is 75.6 cm³/mol. The van der Waals surface area contributed by atoms with Crippen LogP contribution in [0.25, 0.3) is 11.1 Å². The summed E-state index contributed by atoms with van der Waals surface area (Å²) in [6.07, 6.45) is 1.30. The van der Waals surface area contributed by atoms with Crippen molar-refractivity contribution in [2.45, 2.75) is 0 Å². The normalized spacial score (nSPS) is 11.4. The number of ether oxygens (including phenoxy) is 1. The Hall–Kier alpha value is -2.13. The number of nitrogens with two attached hydrogens (primary N) is 1. The lowest BCUT2D eigenvalue weighted by Gasteiger charge is -2.06. The maximum atomic E-state index is 13.1. The first kappa shape index (κ1) is 13.3. The van der Waals surface area contributed by atoms with Crippen molar-refractivity contribution in [3.63, 3.8) is 0 Å². The van der Waals surface area contributed by atoms with Gasteiger partial charge >= 0.3 is 0 Å². The molecule has 2 nitrogen and oxygen atoms in total. The van der Waals surface area contributed by atoms with E-state index in [9.17, 15) is 4.39 Å². The van der Waals surface area contributed by atoms with Crippen LogP contribution in [0.15, 0.2) is 66.5 Å². The van der Waals surface area contributed by atoms with Gasteiger partial charge in [0, 0.05) is 6.54 Å². The van der Waals surface area contributed by atoms with Gasteiger partial charge in [0.15, 0.2) is 0 Å². The number of rotatable bonds is 5. The molecular weight excluding hydrogens is 241 g/mol. The molecule has 0 heterocycles. The number of benzene rings is 2. The van der Waals surface area contributed by atoms with Gasteiger partial charge in [-0.15, -0.1) is 0 Å². The highest BCUT2D eigenvalue weighted by molar-refractivity contribution is 5.63. The Morgan fingerprint density at radius 2 is 1.63 bits per heavy atom. The lowest BCUT2D eigenvalue weighted by molar-refractivity contribution is 0.318. The Morgan fingerprint density at radius 1 is 1.00 bits per heavy atom. The van der Waals surface area contributed by atoms with Gasteiger partial charge < -0.3 is 10.5 Å². The second kappa shape index (κ2) is 6.71. The van der Waals surface area contributed by atoms with E-state index in [0.29, 0.717) is 5.75 Å². The van der Waals surface area contributed by atoms with Crippen LogP contribution in [0.4, 0.5) is 4.39 Å². The molecule has 2 N–H and O–H groups in total. The van der Waals surface area contributed by atoms with Gasteiger partial charge in [0.1, 0.15) is 18.2 Å². The monoisotopic (exact) mass is 257 g/mol. The molecule has 2 rings (SSSR count). The minimum absolute atomic E-state index is 0.0815. The fraction of sp³-hybridized carbons (Fsp3) is 0.125. The van der Waals surface area contributed by atoms with E-state index in [2.05, 4.69) is 0 Å². The minimum Gasteiger partial charge on any atom is -0.487 e. The van der Waals surface area contributed by atoms with Gasteiger partial charge in [-0.05, 0) is 29.3 Å². The molecule has 0 aliphatic heterocycles. The second-order valence-electron chi connectivity index (χ2n) is 4.07. The van der Waals surface area contributed by atoms with Crippen molar-refractivity contribution < 1.29 is 9.13 Å². The van der Waals surface area contributed by atoms with E-state index in [1.54, 1.807) is 0 Å². The smallest absolute Gasteiger partial charge is 0.139 e. The van der Waals surface area contributed by atoms with Crippen molar-refractivity contribution >= 4 is 0 Å². The standard InChI is InChI=1S/C16H16FNO/c17-15(10-11-18)12-19-16-8-6-14(7-9-16)13-4-2-1-3-5-13/h1-10H,11-12,18H2/b15-10-. The Morgan fingerprint density at radius 3 is 2.26 bits per heavy atom. The molecule has 0 aliphatic carbocycles. The van der Waals surface area contributed by atoms with Crippen molar-refractivity contribution in [1.82, 2.24) is 0 Å². The van der Waals surface area contributed by atoms with Gasteiger partial charge in [-0.3, -0.25) is 0 Å². The third-order valence-corrected chi connectivity index (χ3v) is 2.68. The van der Waals surface area contributed by atoms with Gasteiger partial charge in [0.25, 0.3) is 0 Å². The molecule has 0 saturated heterocycles. The van der Waals surface area contributed by atoms with E-state index < -0.39 is 0 Å². The molecule has 0 atom stereocenters. The highest BCUT2D eigenvalue weighted by atomic mass is 19.1. The van der Waals surface area contributed by atoms with Crippen molar-refractivity contribution in [2.75, 3.05) is 13.2 Å². The zero-order valence-corrected chi connectivity index (χ0v) is 10.6. The summed E-state index contributed by atoms with van der Waals surface area (Å²) in [5.41, 5.74) is 7.46. The number of halogens is 1. The van der Waals surface area contributed by atoms with Crippen molar-refractivity contribution in [3.05, 3.63) is 66.5 Å². The van der Waals surface area contributed by atoms with E-state index in [0.717, 1.165) is 11.1 Å². The Bertz CT molecular complexity index is 534. The zero-order valence-electron chi connectivity index (χ0n) is 10.6. The van der Waals surface area contributed by atoms with Crippen LogP contribution in [0, 0.1) is 0 Å². The summed E-state index contributed by atoms with van der Waals surface area (Å²) in [5.74, 6) is 0.287. The van der Waals surface area contributed by atoms with E-state index >= 15 is 0 Å². The Labute approximate surface area is 112 Å². The van der Waals surface area contributed by atoms with Crippen LogP contribution >= 0.6 is 0 Å². The molecule has 0 radical (unpaired) electrons. The van der Waals surface area contributed by atoms with Crippen molar-refractivity contribution in [1.29, 1.82) is 0 Å². The number of hydrogen-bond acceptors (Lipinski definition) is 2. The maximum Gasteiger partial charge on any atom is 0.139 e. The van der Waals surface area contributed by atoms with E-state index in [-0.39, 0.29) is 19.0 Å². The largest absolute Gasteiger partial charge is 0.487 e. The van der Waals surface area contributed by atoms with Crippen LogP contribution in [-0.4, -0.2) is 13.2 Å². The molecule has 2 aromatic carbocycles. The van der Waals surface area contributed by atoms with Gasteiger partial charge in [0.2, 0.25) is 0 Å². The summed E-state index contributed by atoms with van der Waals surface area (Å²) >= 11 is 0. The van der Waals surface area contributed by atoms with Gasteiger partial charge in [-0.25, -0.2) is 4.39 Å². The van der Waals surface area contributed by atoms with Crippen molar-refractivity contribution in [2.24, 2.45) is 5.73 Å². The quantitative estimate of drug-likeness (QED) is 0.889. The van der Waals surface area contributed by atoms with Crippen LogP contribution in [0.1, 0.15) is 0 Å². The van der Waals surface area contributed by atoms with E-state index in [4.69, 9.17) is 10.5 Å². The van der Waals surface area contributed by atoms with Crippen LogP contribution in [0.2, 0.25) is 0 Å². The number of hydrogen-bond donors (Lipinski definition) is 1. The fourth-order valence-electron chi connectivity index (χ4n) is 1.71. The summed E-state index contributed by atoms with van der Waals surface area (Å²) in [4.78, 5) is 0. The van der Waals surface area contributed by atoms with Crippen molar-refractivity contribution in [3.8, 4) is 16.9 Å². The zero-order chi connectivity index (χ0) is 13.5. The summed E-state index contributed by atoms with van der Waals surface area (Å²) in [6, 6.07) is 17.6. The summed E-state index contributed by atoms with van der Waals surface area (Å²) in [5, 5.41) is 0. The molecule has 0 spiro atoms. The molecule has 0 unspecified atom stereocenters. The highest BCUT2D eigenvalue weighted by Crippen LogP contribution is 2.22. The molecule has 0 aromatic heterocycles. The second-order valence-corrected chi connectivity index (χ2v) is 4.07. The van der Waals surface area contributed by atoms with Crippen LogP contribution < -0.4 is 10.5 Å². The molecule has 0 aliphatic rings. The minimum atomic E-state index is -0.352. The molecule has 3 heteroatoms. The molecule has 0 fully saturated rings. The van der Waals surface area contributed by atoms with Crippen LogP contribution in [0.3, 0.4) is 0 Å². The first-order chi connectivity index (χ1) is 9.29. The van der Waals surface area contributed by atoms with E-state index in [1.165, 1.54) is 6.08 Å². The lowest BCUT2D eigenvalue weighted by atomic mass is 10.1. The van der Waals surface area contributed by atoms with E-state index in [1.807, 2.05) is 54.6 Å². The van der Waals surface area contributed by atoms with Crippen LogP contribution in [0.5, 0.6) is 5.75 Å². The SMILES string of the molecule is NC/C=C(\F)COc1ccc(-c2ccccc2)cc1. The third kappa shape index (κ3) is 3.93. The predicted octanol–water partition coefficient (Wildman–Crippen LogP) is 3.54. The third-order valence-electron chi connectivity index (χ3n) is 2.68. The van der Waals surface area contributed by atoms with Gasteiger partial charge in [0.05, 0.1) is 0 Å². The molecule has 98 valence electrons. The summed E-state index contributed by atoms with van der Waals surface area (Å²) in [6.45, 7) is 0.101. The Kier molecular flexibility index (Phi) is 4.70. The van der Waals surface area contributed by atoms with Crippen LogP contribution in [-0.2, 0) is 0 Å². The van der Waals surface area contributed by atoms with Gasteiger partial charge in [-0.1, -0.05) is 42.5 Å². The molecule has 19 heavy (non-hydrogen) atoms. The first-order valence-electron chi connectivity index (χ1n) is 6.12. The fourth-order valence-corrected chi connectivity index (χ4v) is 1.71. The topological polar surface area (TPSA) is 35.2 Å². The molecule has 2 aromatic rings. The molecule has 0 bridgehead atoms. The molecular formula is C16H16FNO.